The maximum Gasteiger partial charge on any atom is 0.174 e. The van der Waals surface area contributed by atoms with Gasteiger partial charge in [0.15, 0.2) is 5.11 Å². The van der Waals surface area contributed by atoms with Gasteiger partial charge < -0.3 is 19.5 Å². The Hall–Kier alpha value is -2.86. The maximum atomic E-state index is 5.86. The summed E-state index contributed by atoms with van der Waals surface area (Å²) in [6, 6.07) is 16.9. The molecule has 2 aromatic heterocycles. The van der Waals surface area contributed by atoms with Crippen LogP contribution >= 0.6 is 12.2 Å². The molecule has 0 unspecified atom stereocenters. The lowest BCUT2D eigenvalue weighted by molar-refractivity contribution is 0.242. The van der Waals surface area contributed by atoms with E-state index in [1.807, 2.05) is 44.3 Å². The van der Waals surface area contributed by atoms with Crippen molar-refractivity contribution >= 4 is 23.0 Å². The number of nitrogens with one attached hydrogen (secondary N) is 1. The van der Waals surface area contributed by atoms with Crippen molar-refractivity contribution in [1.82, 2.24) is 14.9 Å². The van der Waals surface area contributed by atoms with Gasteiger partial charge in [0, 0.05) is 29.3 Å². The Bertz CT molecular complexity index is 1090. The Labute approximate surface area is 196 Å². The zero-order valence-electron chi connectivity index (χ0n) is 19.7. The van der Waals surface area contributed by atoms with E-state index < -0.39 is 0 Å². The van der Waals surface area contributed by atoms with Crippen molar-refractivity contribution in [2.45, 2.75) is 65.8 Å². The van der Waals surface area contributed by atoms with Gasteiger partial charge in [0.25, 0.3) is 0 Å². The maximum absolute atomic E-state index is 5.86. The third-order valence-electron chi connectivity index (χ3n) is 5.94. The fraction of sp³-hybridized carbons (Fsp3) is 0.385. The van der Waals surface area contributed by atoms with Crippen molar-refractivity contribution in [3.05, 3.63) is 77.4 Å². The predicted molar refractivity (Wildman–Crippen MR) is 134 cm³/mol. The van der Waals surface area contributed by atoms with Crippen molar-refractivity contribution in [2.24, 2.45) is 0 Å². The van der Waals surface area contributed by atoms with Gasteiger partial charge in [0.1, 0.15) is 5.75 Å². The summed E-state index contributed by atoms with van der Waals surface area (Å²) in [4.78, 5) is 6.89. The Balaban J connectivity index is 1.81. The number of aryl methyl sites for hydroxylation is 1. The van der Waals surface area contributed by atoms with E-state index in [2.05, 4.69) is 71.7 Å². The second-order valence-corrected chi connectivity index (χ2v) is 9.33. The topological polar surface area (TPSA) is 42.3 Å². The molecule has 32 heavy (non-hydrogen) atoms. The molecule has 0 spiro atoms. The van der Waals surface area contributed by atoms with Gasteiger partial charge in [0.05, 0.1) is 23.9 Å². The molecular formula is C26H32N4OS. The van der Waals surface area contributed by atoms with Crippen LogP contribution in [0.4, 0.5) is 5.69 Å². The summed E-state index contributed by atoms with van der Waals surface area (Å²) in [5.74, 6) is 0.859. The van der Waals surface area contributed by atoms with E-state index in [1.54, 1.807) is 0 Å². The van der Waals surface area contributed by atoms with Crippen LogP contribution in [-0.2, 0) is 0 Å². The quantitative estimate of drug-likeness (QED) is 0.465. The molecule has 0 radical (unpaired) electrons. The van der Waals surface area contributed by atoms with Gasteiger partial charge >= 0.3 is 0 Å². The molecule has 1 aromatic carbocycles. The summed E-state index contributed by atoms with van der Waals surface area (Å²) in [5, 5.41) is 4.26. The van der Waals surface area contributed by atoms with Gasteiger partial charge in [-0.2, -0.15) is 0 Å². The summed E-state index contributed by atoms with van der Waals surface area (Å²) in [5.41, 5.74) is 5.81. The largest absolute Gasteiger partial charge is 0.491 e. The third kappa shape index (κ3) is 4.11. The molecule has 0 aliphatic carbocycles. The smallest absolute Gasteiger partial charge is 0.174 e. The Morgan fingerprint density at radius 2 is 1.75 bits per heavy atom. The van der Waals surface area contributed by atoms with Gasteiger partial charge in [-0.25, -0.2) is 0 Å². The average molecular weight is 449 g/mol. The van der Waals surface area contributed by atoms with E-state index in [0.717, 1.165) is 17.1 Å². The first-order valence-electron chi connectivity index (χ1n) is 11.2. The van der Waals surface area contributed by atoms with Gasteiger partial charge in [-0.1, -0.05) is 6.07 Å². The molecular weight excluding hydrogens is 416 g/mol. The van der Waals surface area contributed by atoms with Crippen LogP contribution in [0, 0.1) is 13.8 Å². The number of nitrogens with zero attached hydrogens (tertiary/aromatic N) is 3. The molecule has 0 amide bonds. The summed E-state index contributed by atoms with van der Waals surface area (Å²) < 4.78 is 8.24. The molecule has 1 saturated heterocycles. The average Bonchev–Trinajstić information content (AvgIpc) is 3.24. The summed E-state index contributed by atoms with van der Waals surface area (Å²) >= 11 is 5.86. The fourth-order valence-electron chi connectivity index (χ4n) is 4.80. The lowest BCUT2D eigenvalue weighted by Crippen LogP contribution is -2.29. The zero-order valence-corrected chi connectivity index (χ0v) is 20.5. The molecule has 4 rings (SSSR count). The number of ether oxygens (including phenoxy) is 1. The predicted octanol–water partition coefficient (Wildman–Crippen LogP) is 6.05. The minimum atomic E-state index is -0.0450. The van der Waals surface area contributed by atoms with Crippen molar-refractivity contribution in [3.8, 4) is 5.75 Å². The molecule has 5 nitrogen and oxygen atoms in total. The second kappa shape index (κ2) is 8.94. The van der Waals surface area contributed by atoms with Crippen LogP contribution in [-0.4, -0.2) is 20.8 Å². The van der Waals surface area contributed by atoms with E-state index in [9.17, 15) is 0 Å². The van der Waals surface area contributed by atoms with E-state index in [4.69, 9.17) is 17.0 Å². The van der Waals surface area contributed by atoms with E-state index in [-0.39, 0.29) is 18.2 Å². The number of rotatable bonds is 6. The molecule has 168 valence electrons. The molecule has 1 aliphatic rings. The minimum absolute atomic E-state index is 0.00651. The zero-order chi connectivity index (χ0) is 23.0. The Kier molecular flexibility index (Phi) is 6.24. The second-order valence-electron chi connectivity index (χ2n) is 8.95. The van der Waals surface area contributed by atoms with Crippen molar-refractivity contribution in [1.29, 1.82) is 0 Å². The minimum Gasteiger partial charge on any atom is -0.491 e. The van der Waals surface area contributed by atoms with E-state index >= 15 is 0 Å². The highest BCUT2D eigenvalue weighted by molar-refractivity contribution is 7.80. The normalized spacial score (nSPS) is 18.5. The molecule has 3 aromatic rings. The van der Waals surface area contributed by atoms with Crippen LogP contribution in [0.15, 0.2) is 54.7 Å². The Morgan fingerprint density at radius 1 is 1.03 bits per heavy atom. The number of benzene rings is 1. The van der Waals surface area contributed by atoms with Crippen molar-refractivity contribution < 1.29 is 4.74 Å². The van der Waals surface area contributed by atoms with Crippen LogP contribution < -0.4 is 15.0 Å². The number of hydrogen-bond acceptors (Lipinski definition) is 3. The highest BCUT2D eigenvalue weighted by Gasteiger charge is 2.42. The lowest BCUT2D eigenvalue weighted by Gasteiger charge is -2.28. The monoisotopic (exact) mass is 448 g/mol. The number of hydrogen-bond donors (Lipinski definition) is 1. The van der Waals surface area contributed by atoms with Gasteiger partial charge in [-0.3, -0.25) is 4.98 Å². The van der Waals surface area contributed by atoms with Crippen LogP contribution in [0.1, 0.15) is 68.5 Å². The van der Waals surface area contributed by atoms with Gasteiger partial charge in [-0.15, -0.1) is 0 Å². The van der Waals surface area contributed by atoms with Crippen LogP contribution in [0.25, 0.3) is 0 Å². The highest BCUT2D eigenvalue weighted by atomic mass is 32.1. The van der Waals surface area contributed by atoms with Gasteiger partial charge in [0.2, 0.25) is 0 Å². The highest BCUT2D eigenvalue weighted by Crippen LogP contribution is 2.44. The SMILES string of the molecule is Cc1cc([C@H]2[C@@H](c3ccccn3)NC(=S)N2c2ccc(OC(C)C)cc2)c(C)n1C(C)C. The summed E-state index contributed by atoms with van der Waals surface area (Å²) in [7, 11) is 0. The number of aromatic nitrogens is 2. The summed E-state index contributed by atoms with van der Waals surface area (Å²) in [6.45, 7) is 12.9. The number of thiocarbonyl (C=S) groups is 1. The van der Waals surface area contributed by atoms with Crippen LogP contribution in [0.2, 0.25) is 0 Å². The van der Waals surface area contributed by atoms with Crippen molar-refractivity contribution in [2.75, 3.05) is 4.90 Å². The van der Waals surface area contributed by atoms with Crippen LogP contribution in [0.5, 0.6) is 5.75 Å². The van der Waals surface area contributed by atoms with Gasteiger partial charge in [-0.05, 0) is 102 Å². The standard InChI is InChI=1S/C26H32N4OS/c1-16(2)29-18(5)15-22(19(29)6)25-24(23-9-7-8-14-27-23)28-26(32)30(25)20-10-12-21(13-11-20)31-17(3)4/h7-17,24-25H,1-6H3,(H,28,32)/t24-,25+/m1/s1. The summed E-state index contributed by atoms with van der Waals surface area (Å²) in [6.07, 6.45) is 1.98. The van der Waals surface area contributed by atoms with Crippen molar-refractivity contribution in [3.63, 3.8) is 0 Å². The first-order chi connectivity index (χ1) is 15.3. The lowest BCUT2D eigenvalue weighted by atomic mass is 9.96. The molecule has 6 heteroatoms. The molecule has 3 heterocycles. The molecule has 1 aliphatic heterocycles. The number of anilines is 1. The first-order valence-corrected chi connectivity index (χ1v) is 11.6. The first kappa shape index (κ1) is 22.3. The Morgan fingerprint density at radius 3 is 2.31 bits per heavy atom. The van der Waals surface area contributed by atoms with Crippen LogP contribution in [0.3, 0.4) is 0 Å². The van der Waals surface area contributed by atoms with E-state index in [1.165, 1.54) is 17.0 Å². The molecule has 0 bridgehead atoms. The molecule has 1 fully saturated rings. The molecule has 2 atom stereocenters. The number of pyridine rings is 1. The fourth-order valence-corrected chi connectivity index (χ4v) is 5.15. The third-order valence-corrected chi connectivity index (χ3v) is 6.26. The van der Waals surface area contributed by atoms with E-state index in [0.29, 0.717) is 11.2 Å². The molecule has 1 N–H and O–H groups in total. The molecule has 0 saturated carbocycles.